The standard InChI is InChI=1S/C15H23ClN2O.ClH/c1-4-15(5-2,10-18-14(19)11(3)17)12-6-8-13(16)9-7-12;/h6-9,11H,4-5,10,17H2,1-3H3,(H,18,19);1H/t11-;/m0./s1. The van der Waals surface area contributed by atoms with Gasteiger partial charge in [-0.15, -0.1) is 12.4 Å². The highest BCUT2D eigenvalue weighted by Crippen LogP contribution is 2.31. The van der Waals surface area contributed by atoms with Crippen molar-refractivity contribution < 1.29 is 4.79 Å². The molecule has 0 spiro atoms. The highest BCUT2D eigenvalue weighted by Gasteiger charge is 2.29. The second kappa shape index (κ2) is 8.50. The highest BCUT2D eigenvalue weighted by atomic mass is 35.5. The number of carbonyl (C=O) groups excluding carboxylic acids is 1. The summed E-state index contributed by atoms with van der Waals surface area (Å²) in [4.78, 5) is 11.6. The van der Waals surface area contributed by atoms with E-state index in [0.717, 1.165) is 17.9 Å². The normalized spacial score (nSPS) is 12.4. The molecule has 0 aromatic heterocycles. The number of hydrogen-bond donors (Lipinski definition) is 2. The Hall–Kier alpha value is -0.770. The Morgan fingerprint density at radius 3 is 2.20 bits per heavy atom. The van der Waals surface area contributed by atoms with Crippen molar-refractivity contribution in [3.05, 3.63) is 34.9 Å². The van der Waals surface area contributed by atoms with E-state index >= 15 is 0 Å². The van der Waals surface area contributed by atoms with Crippen LogP contribution in [0.3, 0.4) is 0 Å². The molecule has 0 saturated heterocycles. The summed E-state index contributed by atoms with van der Waals surface area (Å²) in [5.41, 5.74) is 6.72. The Labute approximate surface area is 132 Å². The van der Waals surface area contributed by atoms with E-state index in [2.05, 4.69) is 19.2 Å². The molecule has 0 fully saturated rings. The molecular formula is C15H24Cl2N2O. The minimum absolute atomic E-state index is 0. The van der Waals surface area contributed by atoms with E-state index in [1.54, 1.807) is 6.92 Å². The number of benzene rings is 1. The Kier molecular flexibility index (Phi) is 8.17. The van der Waals surface area contributed by atoms with Gasteiger partial charge in [0.1, 0.15) is 0 Å². The third-order valence-corrected chi connectivity index (χ3v) is 4.08. The van der Waals surface area contributed by atoms with Crippen LogP contribution in [0.2, 0.25) is 5.02 Å². The molecule has 3 N–H and O–H groups in total. The van der Waals surface area contributed by atoms with Gasteiger partial charge in [0.05, 0.1) is 6.04 Å². The van der Waals surface area contributed by atoms with Crippen LogP contribution in [-0.4, -0.2) is 18.5 Å². The molecule has 3 nitrogen and oxygen atoms in total. The molecule has 0 heterocycles. The van der Waals surface area contributed by atoms with E-state index < -0.39 is 6.04 Å². The van der Waals surface area contributed by atoms with E-state index in [4.69, 9.17) is 17.3 Å². The fourth-order valence-corrected chi connectivity index (χ4v) is 2.36. The molecule has 1 amide bonds. The highest BCUT2D eigenvalue weighted by molar-refractivity contribution is 6.30. The molecule has 0 bridgehead atoms. The van der Waals surface area contributed by atoms with Crippen molar-refractivity contribution in [1.82, 2.24) is 5.32 Å². The Morgan fingerprint density at radius 1 is 1.30 bits per heavy atom. The Bertz CT molecular complexity index is 414. The van der Waals surface area contributed by atoms with Crippen LogP contribution in [0.25, 0.3) is 0 Å². The predicted octanol–water partition coefficient (Wildman–Crippen LogP) is 3.28. The average molecular weight is 319 g/mol. The zero-order chi connectivity index (χ0) is 14.5. The molecule has 1 atom stereocenters. The third kappa shape index (κ3) is 4.65. The number of amides is 1. The smallest absolute Gasteiger partial charge is 0.236 e. The van der Waals surface area contributed by atoms with Crippen LogP contribution >= 0.6 is 24.0 Å². The van der Waals surface area contributed by atoms with Gasteiger partial charge in [-0.2, -0.15) is 0 Å². The summed E-state index contributed by atoms with van der Waals surface area (Å²) in [6.45, 7) is 6.56. The van der Waals surface area contributed by atoms with Crippen LogP contribution < -0.4 is 11.1 Å². The first-order valence-corrected chi connectivity index (χ1v) is 7.12. The molecule has 1 aromatic carbocycles. The van der Waals surface area contributed by atoms with Gasteiger partial charge in [-0.05, 0) is 37.5 Å². The summed E-state index contributed by atoms with van der Waals surface area (Å²) in [7, 11) is 0. The van der Waals surface area contributed by atoms with Gasteiger partial charge in [-0.1, -0.05) is 37.6 Å². The maximum Gasteiger partial charge on any atom is 0.236 e. The van der Waals surface area contributed by atoms with Gasteiger partial charge in [-0.3, -0.25) is 4.79 Å². The van der Waals surface area contributed by atoms with Crippen LogP contribution in [0.1, 0.15) is 39.2 Å². The molecule has 114 valence electrons. The van der Waals surface area contributed by atoms with Crippen molar-refractivity contribution in [3.8, 4) is 0 Å². The lowest BCUT2D eigenvalue weighted by atomic mass is 9.76. The van der Waals surface area contributed by atoms with Gasteiger partial charge in [0.15, 0.2) is 0 Å². The van der Waals surface area contributed by atoms with Gasteiger partial charge in [0.2, 0.25) is 5.91 Å². The number of nitrogens with two attached hydrogens (primary N) is 1. The fraction of sp³-hybridized carbons (Fsp3) is 0.533. The zero-order valence-corrected chi connectivity index (χ0v) is 13.9. The van der Waals surface area contributed by atoms with Crippen LogP contribution in [-0.2, 0) is 10.2 Å². The largest absolute Gasteiger partial charge is 0.354 e. The van der Waals surface area contributed by atoms with Crippen molar-refractivity contribution in [2.45, 2.75) is 45.1 Å². The summed E-state index contributed by atoms with van der Waals surface area (Å²) in [6, 6.07) is 7.38. The summed E-state index contributed by atoms with van der Waals surface area (Å²) < 4.78 is 0. The van der Waals surface area contributed by atoms with Crippen molar-refractivity contribution in [2.75, 3.05) is 6.54 Å². The Balaban J connectivity index is 0.00000361. The van der Waals surface area contributed by atoms with Crippen molar-refractivity contribution in [3.63, 3.8) is 0 Å². The second-order valence-electron chi connectivity index (χ2n) is 5.00. The maximum absolute atomic E-state index is 11.6. The summed E-state index contributed by atoms with van der Waals surface area (Å²) in [5, 5.41) is 3.67. The zero-order valence-electron chi connectivity index (χ0n) is 12.3. The summed E-state index contributed by atoms with van der Waals surface area (Å²) >= 11 is 5.93. The molecule has 1 rings (SSSR count). The van der Waals surface area contributed by atoms with Gasteiger partial charge in [0, 0.05) is 17.0 Å². The van der Waals surface area contributed by atoms with E-state index in [9.17, 15) is 4.79 Å². The Morgan fingerprint density at radius 2 is 1.80 bits per heavy atom. The molecule has 0 aliphatic heterocycles. The molecule has 0 radical (unpaired) electrons. The number of nitrogens with one attached hydrogen (secondary N) is 1. The third-order valence-electron chi connectivity index (χ3n) is 3.82. The molecule has 0 aliphatic rings. The number of rotatable bonds is 6. The number of hydrogen-bond acceptors (Lipinski definition) is 2. The van der Waals surface area contributed by atoms with Crippen molar-refractivity contribution >= 4 is 29.9 Å². The van der Waals surface area contributed by atoms with Crippen molar-refractivity contribution in [1.29, 1.82) is 0 Å². The quantitative estimate of drug-likeness (QED) is 0.845. The van der Waals surface area contributed by atoms with Crippen LogP contribution in [0, 0.1) is 0 Å². The number of carbonyl (C=O) groups is 1. The molecule has 0 saturated carbocycles. The van der Waals surface area contributed by atoms with Crippen LogP contribution in [0.4, 0.5) is 0 Å². The van der Waals surface area contributed by atoms with Crippen molar-refractivity contribution in [2.24, 2.45) is 5.73 Å². The predicted molar refractivity (Wildman–Crippen MR) is 87.6 cm³/mol. The van der Waals surface area contributed by atoms with Gasteiger partial charge < -0.3 is 11.1 Å². The first-order chi connectivity index (χ1) is 8.95. The molecular weight excluding hydrogens is 295 g/mol. The monoisotopic (exact) mass is 318 g/mol. The van der Waals surface area contributed by atoms with E-state index in [-0.39, 0.29) is 23.7 Å². The lowest BCUT2D eigenvalue weighted by Crippen LogP contribution is -2.45. The summed E-state index contributed by atoms with van der Waals surface area (Å²) in [6.07, 6.45) is 1.90. The maximum atomic E-state index is 11.6. The summed E-state index contributed by atoms with van der Waals surface area (Å²) in [5.74, 6) is -0.111. The SMILES string of the molecule is CCC(CC)(CNC(=O)[C@H](C)N)c1ccc(Cl)cc1.Cl. The average Bonchev–Trinajstić information content (AvgIpc) is 2.41. The van der Waals surface area contributed by atoms with Gasteiger partial charge in [0.25, 0.3) is 0 Å². The fourth-order valence-electron chi connectivity index (χ4n) is 2.23. The van der Waals surface area contributed by atoms with E-state index in [1.165, 1.54) is 5.56 Å². The molecule has 0 unspecified atom stereocenters. The van der Waals surface area contributed by atoms with Crippen LogP contribution in [0.15, 0.2) is 24.3 Å². The number of halogens is 2. The minimum atomic E-state index is -0.475. The van der Waals surface area contributed by atoms with Gasteiger partial charge in [-0.25, -0.2) is 0 Å². The van der Waals surface area contributed by atoms with E-state index in [0.29, 0.717) is 6.54 Å². The van der Waals surface area contributed by atoms with Crippen LogP contribution in [0.5, 0.6) is 0 Å². The van der Waals surface area contributed by atoms with E-state index in [1.807, 2.05) is 24.3 Å². The lowest BCUT2D eigenvalue weighted by Gasteiger charge is -2.33. The van der Waals surface area contributed by atoms with Gasteiger partial charge >= 0.3 is 0 Å². The minimum Gasteiger partial charge on any atom is -0.354 e. The first kappa shape index (κ1) is 19.2. The molecule has 20 heavy (non-hydrogen) atoms. The first-order valence-electron chi connectivity index (χ1n) is 6.74. The molecule has 0 aliphatic carbocycles. The molecule has 5 heteroatoms. The molecule has 1 aromatic rings. The lowest BCUT2D eigenvalue weighted by molar-refractivity contribution is -0.122. The second-order valence-corrected chi connectivity index (χ2v) is 5.44. The topological polar surface area (TPSA) is 55.1 Å².